The smallest absolute Gasteiger partial charge is 0.242 e. The Morgan fingerprint density at radius 3 is 2.47 bits per heavy atom. The number of benzene rings is 2. The van der Waals surface area contributed by atoms with Crippen molar-refractivity contribution in [3.8, 4) is 11.5 Å². The Bertz CT molecular complexity index is 1010. The van der Waals surface area contributed by atoms with Gasteiger partial charge < -0.3 is 25.0 Å². The maximum Gasteiger partial charge on any atom is 0.242 e. The summed E-state index contributed by atoms with van der Waals surface area (Å²) >= 11 is 0. The van der Waals surface area contributed by atoms with Gasteiger partial charge in [0.25, 0.3) is 0 Å². The lowest BCUT2D eigenvalue weighted by atomic mass is 10.1. The fourth-order valence-corrected chi connectivity index (χ4v) is 3.89. The van der Waals surface area contributed by atoms with Gasteiger partial charge in [0.2, 0.25) is 17.7 Å². The van der Waals surface area contributed by atoms with Crippen LogP contribution in [0, 0.1) is 5.92 Å². The molecule has 0 radical (unpaired) electrons. The maximum absolute atomic E-state index is 12.8. The lowest BCUT2D eigenvalue weighted by Gasteiger charge is -2.22. The second-order valence-corrected chi connectivity index (χ2v) is 8.10. The van der Waals surface area contributed by atoms with Gasteiger partial charge in [-0.1, -0.05) is 30.3 Å². The number of anilines is 1. The third kappa shape index (κ3) is 4.69. The van der Waals surface area contributed by atoms with Gasteiger partial charge in [0, 0.05) is 24.7 Å². The Morgan fingerprint density at radius 1 is 1.00 bits per heavy atom. The van der Waals surface area contributed by atoms with Gasteiger partial charge in [0.15, 0.2) is 11.5 Å². The molecule has 2 aromatic carbocycles. The summed E-state index contributed by atoms with van der Waals surface area (Å²) in [6.45, 7) is 4.73. The average Bonchev–Trinajstić information content (AvgIpc) is 3.21. The number of carbonyl (C=O) groups excluding carboxylic acids is 3. The fourth-order valence-electron chi connectivity index (χ4n) is 3.89. The number of carbonyl (C=O) groups is 3. The van der Waals surface area contributed by atoms with Crippen LogP contribution in [0.15, 0.2) is 48.5 Å². The topological polar surface area (TPSA) is 97.0 Å². The van der Waals surface area contributed by atoms with Crippen molar-refractivity contribution in [1.29, 1.82) is 0 Å². The number of hydrogen-bond acceptors (Lipinski definition) is 5. The van der Waals surface area contributed by atoms with Crippen molar-refractivity contribution in [2.45, 2.75) is 32.4 Å². The van der Waals surface area contributed by atoms with E-state index < -0.39 is 12.0 Å². The summed E-state index contributed by atoms with van der Waals surface area (Å²) in [4.78, 5) is 39.4. The minimum absolute atomic E-state index is 0.0923. The van der Waals surface area contributed by atoms with E-state index in [4.69, 9.17) is 9.47 Å². The SMILES string of the molecule is C[C@H](NC(=O)[C@H]1CC(=O)N(c2ccc3c(c2)OCCO3)C1)C(=O)N[C@@H](C)c1ccccc1. The van der Waals surface area contributed by atoms with Crippen molar-refractivity contribution in [1.82, 2.24) is 10.6 Å². The lowest BCUT2D eigenvalue weighted by molar-refractivity contribution is -0.131. The van der Waals surface area contributed by atoms with Crippen LogP contribution in [0.1, 0.15) is 31.9 Å². The first-order valence-electron chi connectivity index (χ1n) is 10.8. The number of nitrogens with one attached hydrogen (secondary N) is 2. The third-order valence-electron chi connectivity index (χ3n) is 5.74. The summed E-state index contributed by atoms with van der Waals surface area (Å²) in [6.07, 6.45) is 0.0923. The van der Waals surface area contributed by atoms with E-state index in [-0.39, 0.29) is 36.7 Å². The van der Waals surface area contributed by atoms with E-state index >= 15 is 0 Å². The van der Waals surface area contributed by atoms with Gasteiger partial charge in [-0.3, -0.25) is 14.4 Å². The Balaban J connectivity index is 1.34. The van der Waals surface area contributed by atoms with Gasteiger partial charge in [0.05, 0.1) is 12.0 Å². The summed E-state index contributed by atoms with van der Waals surface area (Å²) in [6, 6.07) is 14.0. The molecule has 0 spiro atoms. The first-order valence-corrected chi connectivity index (χ1v) is 10.8. The van der Waals surface area contributed by atoms with Crippen LogP contribution in [0.5, 0.6) is 11.5 Å². The average molecular weight is 437 g/mol. The highest BCUT2D eigenvalue weighted by atomic mass is 16.6. The van der Waals surface area contributed by atoms with Crippen LogP contribution >= 0.6 is 0 Å². The molecule has 2 aliphatic rings. The van der Waals surface area contributed by atoms with E-state index in [9.17, 15) is 14.4 Å². The van der Waals surface area contributed by atoms with Crippen molar-refractivity contribution in [2.24, 2.45) is 5.92 Å². The first kappa shape index (κ1) is 21.7. The number of ether oxygens (including phenoxy) is 2. The Hall–Kier alpha value is -3.55. The summed E-state index contributed by atoms with van der Waals surface area (Å²) < 4.78 is 11.1. The molecule has 0 aromatic heterocycles. The third-order valence-corrected chi connectivity index (χ3v) is 5.74. The summed E-state index contributed by atoms with van der Waals surface area (Å²) in [5.41, 5.74) is 1.65. The van der Waals surface area contributed by atoms with Crippen LogP contribution in [-0.4, -0.2) is 43.5 Å². The quantitative estimate of drug-likeness (QED) is 0.722. The van der Waals surface area contributed by atoms with Crippen molar-refractivity contribution in [2.75, 3.05) is 24.7 Å². The second kappa shape index (κ2) is 9.30. The molecule has 0 saturated carbocycles. The monoisotopic (exact) mass is 437 g/mol. The molecule has 8 heteroatoms. The van der Waals surface area contributed by atoms with Gasteiger partial charge >= 0.3 is 0 Å². The zero-order chi connectivity index (χ0) is 22.7. The highest BCUT2D eigenvalue weighted by molar-refractivity contribution is 6.01. The van der Waals surface area contributed by atoms with E-state index in [1.807, 2.05) is 37.3 Å². The first-order chi connectivity index (χ1) is 15.4. The zero-order valence-electron chi connectivity index (χ0n) is 18.2. The van der Waals surface area contributed by atoms with E-state index in [0.29, 0.717) is 30.4 Å². The summed E-state index contributed by atoms with van der Waals surface area (Å²) in [5, 5.41) is 5.65. The molecule has 0 bridgehead atoms. The second-order valence-electron chi connectivity index (χ2n) is 8.10. The van der Waals surface area contributed by atoms with Crippen LogP contribution in [0.25, 0.3) is 0 Å². The molecule has 4 rings (SSSR count). The number of fused-ring (bicyclic) bond motifs is 1. The minimum atomic E-state index is -0.716. The molecule has 8 nitrogen and oxygen atoms in total. The van der Waals surface area contributed by atoms with Crippen molar-refractivity contribution in [3.05, 3.63) is 54.1 Å². The largest absolute Gasteiger partial charge is 0.486 e. The predicted octanol–water partition coefficient (Wildman–Crippen LogP) is 2.19. The lowest BCUT2D eigenvalue weighted by Crippen LogP contribution is -2.47. The van der Waals surface area contributed by atoms with Gasteiger partial charge in [-0.05, 0) is 31.5 Å². The molecule has 0 unspecified atom stereocenters. The van der Waals surface area contributed by atoms with Crippen molar-refractivity contribution < 1.29 is 23.9 Å². The number of hydrogen-bond donors (Lipinski definition) is 2. The van der Waals surface area contributed by atoms with Crippen LogP contribution in [-0.2, 0) is 14.4 Å². The zero-order valence-corrected chi connectivity index (χ0v) is 18.2. The molecule has 2 aromatic rings. The Kier molecular flexibility index (Phi) is 6.30. The molecule has 3 atom stereocenters. The summed E-state index contributed by atoms with van der Waals surface area (Å²) in [7, 11) is 0. The van der Waals surface area contributed by atoms with Crippen LogP contribution < -0.4 is 25.0 Å². The van der Waals surface area contributed by atoms with Crippen LogP contribution in [0.3, 0.4) is 0 Å². The van der Waals surface area contributed by atoms with Gasteiger partial charge in [0.1, 0.15) is 19.3 Å². The standard InChI is InChI=1S/C24H27N3O5/c1-15(17-6-4-3-5-7-17)25-23(29)16(2)26-24(30)18-12-22(28)27(14-18)19-8-9-20-21(13-19)32-11-10-31-20/h3-9,13,15-16,18H,10-12,14H2,1-2H3,(H,25,29)(H,26,30)/t15-,16-,18-/m0/s1. The number of amides is 3. The van der Waals surface area contributed by atoms with Crippen molar-refractivity contribution >= 4 is 23.4 Å². The summed E-state index contributed by atoms with van der Waals surface area (Å²) in [5.74, 6) is -0.0250. The van der Waals surface area contributed by atoms with E-state index in [1.165, 1.54) is 0 Å². The van der Waals surface area contributed by atoms with E-state index in [0.717, 1.165) is 5.56 Å². The van der Waals surface area contributed by atoms with Gasteiger partial charge in [-0.2, -0.15) is 0 Å². The molecule has 1 saturated heterocycles. The molecule has 2 heterocycles. The molecular formula is C24H27N3O5. The molecule has 2 aliphatic heterocycles. The van der Waals surface area contributed by atoms with Crippen LogP contribution in [0.4, 0.5) is 5.69 Å². The molecule has 1 fully saturated rings. The van der Waals surface area contributed by atoms with Gasteiger partial charge in [-0.15, -0.1) is 0 Å². The predicted molar refractivity (Wildman–Crippen MR) is 118 cm³/mol. The molecular weight excluding hydrogens is 410 g/mol. The highest BCUT2D eigenvalue weighted by Gasteiger charge is 2.36. The molecule has 2 N–H and O–H groups in total. The van der Waals surface area contributed by atoms with E-state index in [1.54, 1.807) is 30.0 Å². The van der Waals surface area contributed by atoms with Crippen molar-refractivity contribution in [3.63, 3.8) is 0 Å². The molecule has 168 valence electrons. The fraction of sp³-hybridized carbons (Fsp3) is 0.375. The maximum atomic E-state index is 12.8. The van der Waals surface area contributed by atoms with Crippen LogP contribution in [0.2, 0.25) is 0 Å². The Labute approximate surface area is 186 Å². The number of nitrogens with zero attached hydrogens (tertiary/aromatic N) is 1. The molecule has 0 aliphatic carbocycles. The Morgan fingerprint density at radius 2 is 1.72 bits per heavy atom. The normalized spacial score (nSPS) is 19.2. The van der Waals surface area contributed by atoms with E-state index in [2.05, 4.69) is 10.6 Å². The minimum Gasteiger partial charge on any atom is -0.486 e. The molecule has 3 amide bonds. The highest BCUT2D eigenvalue weighted by Crippen LogP contribution is 2.36. The van der Waals surface area contributed by atoms with Gasteiger partial charge in [-0.25, -0.2) is 0 Å². The molecule has 32 heavy (non-hydrogen) atoms. The number of rotatable bonds is 6.